The zero-order valence-electron chi connectivity index (χ0n) is 14.2. The summed E-state index contributed by atoms with van der Waals surface area (Å²) >= 11 is 0. The number of piperidine rings is 1. The number of hydrogen-bond donors (Lipinski definition) is 2. The van der Waals surface area contributed by atoms with E-state index in [4.69, 9.17) is 14.3 Å². The third kappa shape index (κ3) is 3.75. The predicted octanol–water partition coefficient (Wildman–Crippen LogP) is 2.95. The maximum absolute atomic E-state index is 7.76. The number of pyridine rings is 1. The van der Waals surface area contributed by atoms with E-state index in [0.717, 1.165) is 54.8 Å². The van der Waals surface area contributed by atoms with Gasteiger partial charge in [0.1, 0.15) is 17.7 Å². The van der Waals surface area contributed by atoms with Gasteiger partial charge in [-0.2, -0.15) is 0 Å². The summed E-state index contributed by atoms with van der Waals surface area (Å²) in [5.74, 6) is 2.81. The quantitative estimate of drug-likeness (QED) is 0.865. The molecule has 7 nitrogen and oxygen atoms in total. The van der Waals surface area contributed by atoms with Crippen LogP contribution in [0.1, 0.15) is 19.3 Å². The van der Waals surface area contributed by atoms with Crippen LogP contribution in [0.4, 0.5) is 5.82 Å². The Balaban J connectivity index is 1.74. The molecule has 1 aliphatic heterocycles. The number of nitrogens with one attached hydrogen (secondary N) is 2. The van der Waals surface area contributed by atoms with Gasteiger partial charge in [0.25, 0.3) is 0 Å². The zero-order valence-corrected chi connectivity index (χ0v) is 15.0. The van der Waals surface area contributed by atoms with Crippen LogP contribution in [0.5, 0.6) is 5.88 Å². The molecule has 0 unspecified atom stereocenters. The molecule has 2 N–H and O–H groups in total. The highest BCUT2D eigenvalue weighted by Crippen LogP contribution is 2.31. The Bertz CT molecular complexity index is 814. The zero-order chi connectivity index (χ0) is 17.2. The van der Waals surface area contributed by atoms with Crippen LogP contribution >= 0.6 is 0 Å². The molecule has 0 aliphatic carbocycles. The first kappa shape index (κ1) is 16.9. The van der Waals surface area contributed by atoms with E-state index in [9.17, 15) is 0 Å². The lowest BCUT2D eigenvalue weighted by Gasteiger charge is -2.33. The molecule has 0 aromatic carbocycles. The first-order chi connectivity index (χ1) is 11.5. The van der Waals surface area contributed by atoms with Crippen molar-refractivity contribution in [2.45, 2.75) is 19.3 Å². The minimum absolute atomic E-state index is 0.527. The fourth-order valence-corrected chi connectivity index (χ4v) is 3.99. The van der Waals surface area contributed by atoms with E-state index in [2.05, 4.69) is 19.9 Å². The van der Waals surface area contributed by atoms with Gasteiger partial charge in [0.15, 0.2) is 0 Å². The van der Waals surface area contributed by atoms with Crippen LogP contribution in [0.15, 0.2) is 18.6 Å². The van der Waals surface area contributed by atoms with Crippen molar-refractivity contribution in [2.75, 3.05) is 37.1 Å². The van der Waals surface area contributed by atoms with Crippen molar-refractivity contribution in [1.82, 2.24) is 15.0 Å². The summed E-state index contributed by atoms with van der Waals surface area (Å²) in [5, 5.41) is 0.970. The van der Waals surface area contributed by atoms with E-state index in [1.807, 2.05) is 6.07 Å². The normalized spacial score (nSPS) is 16.5. The number of ether oxygens (including phenoxy) is 1. The number of hydrogen-bond acceptors (Lipinski definition) is 7. The van der Waals surface area contributed by atoms with Gasteiger partial charge in [-0.25, -0.2) is 15.0 Å². The molecule has 130 valence electrons. The van der Waals surface area contributed by atoms with Gasteiger partial charge >= 0.3 is 0 Å². The SMILES string of the molecule is COc1nccc2c(N3CCC(CCS(C)(=N)=N)CC3)ncnc12. The summed E-state index contributed by atoms with van der Waals surface area (Å²) in [5.41, 5.74) is 0.745. The van der Waals surface area contributed by atoms with E-state index < -0.39 is 9.62 Å². The smallest absolute Gasteiger partial charge is 0.240 e. The molecule has 2 aromatic rings. The van der Waals surface area contributed by atoms with Gasteiger partial charge in [0.2, 0.25) is 5.88 Å². The van der Waals surface area contributed by atoms with Crippen molar-refractivity contribution in [3.05, 3.63) is 18.6 Å². The lowest BCUT2D eigenvalue weighted by atomic mass is 9.94. The average Bonchev–Trinajstić information content (AvgIpc) is 2.59. The van der Waals surface area contributed by atoms with Gasteiger partial charge in [-0.15, -0.1) is 0 Å². The van der Waals surface area contributed by atoms with Crippen LogP contribution < -0.4 is 9.64 Å². The van der Waals surface area contributed by atoms with E-state index >= 15 is 0 Å². The summed E-state index contributed by atoms with van der Waals surface area (Å²) in [6.07, 6.45) is 8.22. The molecule has 2 aromatic heterocycles. The molecule has 3 rings (SSSR count). The van der Waals surface area contributed by atoms with Crippen molar-refractivity contribution in [3.8, 4) is 5.88 Å². The highest BCUT2D eigenvalue weighted by Gasteiger charge is 2.22. The Labute approximate surface area is 142 Å². The Kier molecular flexibility index (Phi) is 4.84. The fourth-order valence-electron chi connectivity index (χ4n) is 3.19. The van der Waals surface area contributed by atoms with Gasteiger partial charge in [0.05, 0.1) is 7.11 Å². The Morgan fingerprint density at radius 1 is 1.25 bits per heavy atom. The molecule has 3 heterocycles. The summed E-state index contributed by atoms with van der Waals surface area (Å²) < 4.78 is 20.8. The van der Waals surface area contributed by atoms with E-state index in [1.165, 1.54) is 0 Å². The molecular weight excluding hydrogens is 324 g/mol. The summed E-state index contributed by atoms with van der Waals surface area (Å²) in [6.45, 7) is 1.90. The summed E-state index contributed by atoms with van der Waals surface area (Å²) in [6, 6.07) is 1.94. The number of aromatic nitrogens is 3. The molecule has 1 fully saturated rings. The maximum atomic E-state index is 7.76. The number of rotatable bonds is 5. The average molecular weight is 348 g/mol. The first-order valence-corrected chi connectivity index (χ1v) is 10.3. The molecule has 8 heteroatoms. The molecular formula is C16H24N6OS. The minimum Gasteiger partial charge on any atom is -0.479 e. The van der Waals surface area contributed by atoms with E-state index in [-0.39, 0.29) is 0 Å². The molecule has 0 atom stereocenters. The van der Waals surface area contributed by atoms with Crippen molar-refractivity contribution in [1.29, 1.82) is 9.56 Å². The van der Waals surface area contributed by atoms with Crippen LogP contribution in [0.25, 0.3) is 10.9 Å². The van der Waals surface area contributed by atoms with Crippen LogP contribution in [-0.2, 0) is 9.62 Å². The highest BCUT2D eigenvalue weighted by atomic mass is 32.2. The minimum atomic E-state index is -1.88. The molecule has 1 aliphatic rings. The summed E-state index contributed by atoms with van der Waals surface area (Å²) in [7, 11) is -0.280. The summed E-state index contributed by atoms with van der Waals surface area (Å²) in [4.78, 5) is 15.3. The Morgan fingerprint density at radius 2 is 2.00 bits per heavy atom. The number of anilines is 1. The second-order valence-corrected chi connectivity index (χ2v) is 9.01. The highest BCUT2D eigenvalue weighted by molar-refractivity contribution is 7.92. The van der Waals surface area contributed by atoms with Gasteiger partial charge < -0.3 is 9.64 Å². The molecule has 0 spiro atoms. The second-order valence-electron chi connectivity index (χ2n) is 6.42. The molecule has 0 saturated carbocycles. The first-order valence-electron chi connectivity index (χ1n) is 8.12. The Morgan fingerprint density at radius 3 is 2.67 bits per heavy atom. The number of nitrogens with zero attached hydrogens (tertiary/aromatic N) is 4. The molecule has 24 heavy (non-hydrogen) atoms. The van der Waals surface area contributed by atoms with Crippen LogP contribution in [0.2, 0.25) is 0 Å². The van der Waals surface area contributed by atoms with Crippen LogP contribution in [-0.4, -0.2) is 47.2 Å². The maximum Gasteiger partial charge on any atom is 0.240 e. The van der Waals surface area contributed by atoms with Crippen molar-refractivity contribution >= 4 is 26.3 Å². The molecule has 0 amide bonds. The van der Waals surface area contributed by atoms with E-state index in [0.29, 0.717) is 11.8 Å². The number of fused-ring (bicyclic) bond motifs is 1. The standard InChI is InChI=1S/C16H24N6OS/c1-23-16-14-13(3-7-19-16)15(21-11-20-14)22-8-4-12(5-9-22)6-10-24(2,17)18/h3,7,11-12,17-18H,4-6,8-10H2,1-2H3. The molecule has 0 radical (unpaired) electrons. The predicted molar refractivity (Wildman–Crippen MR) is 97.0 cm³/mol. The lowest BCUT2D eigenvalue weighted by molar-refractivity contribution is 0.395. The molecule has 1 saturated heterocycles. The van der Waals surface area contributed by atoms with Gasteiger partial charge in [-0.1, -0.05) is 9.62 Å². The third-order valence-electron chi connectivity index (χ3n) is 4.54. The van der Waals surface area contributed by atoms with Gasteiger partial charge in [-0.05, 0) is 31.2 Å². The fraction of sp³-hybridized carbons (Fsp3) is 0.562. The topological polar surface area (TPSA) is 98.8 Å². The van der Waals surface area contributed by atoms with E-state index in [1.54, 1.807) is 25.9 Å². The van der Waals surface area contributed by atoms with Gasteiger partial charge in [-0.3, -0.25) is 9.56 Å². The molecule has 0 bridgehead atoms. The Hall–Kier alpha value is -1.96. The third-order valence-corrected chi connectivity index (χ3v) is 5.59. The van der Waals surface area contributed by atoms with Crippen molar-refractivity contribution in [3.63, 3.8) is 0 Å². The van der Waals surface area contributed by atoms with Gasteiger partial charge in [0, 0.05) is 36.7 Å². The van der Waals surface area contributed by atoms with Crippen molar-refractivity contribution in [2.24, 2.45) is 5.92 Å². The monoisotopic (exact) mass is 348 g/mol. The number of methoxy groups -OCH3 is 1. The van der Waals surface area contributed by atoms with Crippen molar-refractivity contribution < 1.29 is 4.74 Å². The lowest BCUT2D eigenvalue weighted by Crippen LogP contribution is -2.34. The van der Waals surface area contributed by atoms with Crippen LogP contribution in [0, 0.1) is 15.5 Å². The van der Waals surface area contributed by atoms with Crippen LogP contribution in [0.3, 0.4) is 0 Å². The largest absolute Gasteiger partial charge is 0.479 e. The second kappa shape index (κ2) is 6.88.